The van der Waals surface area contributed by atoms with Crippen molar-refractivity contribution in [2.45, 2.75) is 39.7 Å². The molecule has 1 aromatic rings. The molecule has 9 nitrogen and oxygen atoms in total. The van der Waals surface area contributed by atoms with Crippen LogP contribution in [0.1, 0.15) is 45.2 Å². The average Bonchev–Trinajstić information content (AvgIpc) is 2.72. The molecule has 1 aromatic carbocycles. The van der Waals surface area contributed by atoms with E-state index in [-0.39, 0.29) is 30.3 Å². The molecule has 2 rings (SSSR count). The lowest BCUT2D eigenvalue weighted by Gasteiger charge is -2.30. The molecule has 0 unspecified atom stereocenters. The molecule has 1 heterocycles. The van der Waals surface area contributed by atoms with Gasteiger partial charge in [0.2, 0.25) is 0 Å². The Bertz CT molecular complexity index is 870. The number of hydrogen-bond donors (Lipinski definition) is 2. The van der Waals surface area contributed by atoms with Gasteiger partial charge in [-0.1, -0.05) is 24.9 Å². The maximum atomic E-state index is 12.8. The highest BCUT2D eigenvalue weighted by Gasteiger charge is 2.36. The number of hydrogen-bond acceptors (Lipinski definition) is 7. The molecule has 1 atom stereocenters. The van der Waals surface area contributed by atoms with Gasteiger partial charge in [0, 0.05) is 22.3 Å². The number of carbonyl (C=O) groups excluding carboxylic acids is 3. The van der Waals surface area contributed by atoms with Crippen LogP contribution in [0.2, 0.25) is 5.02 Å². The van der Waals surface area contributed by atoms with Gasteiger partial charge in [-0.2, -0.15) is 0 Å². The van der Waals surface area contributed by atoms with Crippen molar-refractivity contribution in [3.8, 4) is 11.5 Å². The van der Waals surface area contributed by atoms with Crippen LogP contribution in [0.3, 0.4) is 0 Å². The van der Waals surface area contributed by atoms with Crippen molar-refractivity contribution in [2.24, 2.45) is 0 Å². The Balaban J connectivity index is 2.62. The Morgan fingerprint density at radius 3 is 2.45 bits per heavy atom. The first-order chi connectivity index (χ1) is 14.9. The number of ether oxygens (including phenoxy) is 4. The lowest BCUT2D eigenvalue weighted by atomic mass is 9.93. The first-order valence-electron chi connectivity index (χ1n) is 9.99. The molecule has 1 aliphatic rings. The zero-order chi connectivity index (χ0) is 23.0. The Hall–Kier alpha value is -2.94. The number of rotatable bonds is 10. The number of urea groups is 1. The molecule has 0 saturated heterocycles. The van der Waals surface area contributed by atoms with E-state index in [1.165, 1.54) is 13.2 Å². The molecule has 0 spiro atoms. The standard InChI is InChI=1S/C21H27ClN2O7/c1-5-8-14-17(20(26)30-7-3)18(24-21(27)23-14)13-9-12(22)10-15(28-4)19(13)31-11-16(25)29-6-2/h9-10,18H,5-8,11H2,1-4H3,(H2,23,24,27)/t18-/m0/s1. The van der Waals surface area contributed by atoms with Gasteiger partial charge in [-0.15, -0.1) is 0 Å². The SMILES string of the molecule is CCCC1=C(C(=O)OCC)[C@H](c2cc(Cl)cc(OC)c2OCC(=O)OCC)NC(=O)N1. The van der Waals surface area contributed by atoms with E-state index < -0.39 is 30.6 Å². The first-order valence-corrected chi connectivity index (χ1v) is 10.4. The zero-order valence-corrected chi connectivity index (χ0v) is 18.8. The van der Waals surface area contributed by atoms with E-state index in [9.17, 15) is 14.4 Å². The fourth-order valence-electron chi connectivity index (χ4n) is 3.19. The molecule has 0 fully saturated rings. The quantitative estimate of drug-likeness (QED) is 0.522. The summed E-state index contributed by atoms with van der Waals surface area (Å²) in [5.41, 5.74) is 1.03. The summed E-state index contributed by atoms with van der Waals surface area (Å²) in [5.74, 6) is -0.768. The fourth-order valence-corrected chi connectivity index (χ4v) is 3.41. The molecular weight excluding hydrogens is 428 g/mol. The zero-order valence-electron chi connectivity index (χ0n) is 18.0. The number of esters is 2. The summed E-state index contributed by atoms with van der Waals surface area (Å²) in [5, 5.41) is 5.70. The Morgan fingerprint density at radius 1 is 1.13 bits per heavy atom. The summed E-state index contributed by atoms with van der Waals surface area (Å²) in [4.78, 5) is 37.0. The third-order valence-corrected chi connectivity index (χ3v) is 4.59. The van der Waals surface area contributed by atoms with E-state index in [0.717, 1.165) is 0 Å². The summed E-state index contributed by atoms with van der Waals surface area (Å²) >= 11 is 6.27. The molecule has 0 radical (unpaired) electrons. The van der Waals surface area contributed by atoms with E-state index in [0.29, 0.717) is 29.1 Å². The largest absolute Gasteiger partial charge is 0.493 e. The van der Waals surface area contributed by atoms with E-state index in [1.807, 2.05) is 6.92 Å². The van der Waals surface area contributed by atoms with E-state index in [4.69, 9.17) is 30.5 Å². The predicted molar refractivity (Wildman–Crippen MR) is 113 cm³/mol. The monoisotopic (exact) mass is 454 g/mol. The third kappa shape index (κ3) is 6.04. The van der Waals surface area contributed by atoms with Gasteiger partial charge in [-0.3, -0.25) is 0 Å². The maximum absolute atomic E-state index is 12.8. The molecule has 0 bridgehead atoms. The summed E-state index contributed by atoms with van der Waals surface area (Å²) in [6.07, 6.45) is 1.14. The van der Waals surface area contributed by atoms with E-state index >= 15 is 0 Å². The van der Waals surface area contributed by atoms with Crippen LogP contribution in [-0.4, -0.2) is 44.9 Å². The van der Waals surface area contributed by atoms with E-state index in [1.54, 1.807) is 19.9 Å². The Labute approximate surface area is 186 Å². The third-order valence-electron chi connectivity index (χ3n) is 4.37. The fraction of sp³-hybridized carbons (Fsp3) is 0.476. The highest BCUT2D eigenvalue weighted by molar-refractivity contribution is 6.30. The molecular formula is C21H27ClN2O7. The number of carbonyl (C=O) groups is 3. The van der Waals surface area contributed by atoms with Crippen LogP contribution in [0.25, 0.3) is 0 Å². The van der Waals surface area contributed by atoms with Crippen molar-refractivity contribution in [1.29, 1.82) is 0 Å². The summed E-state index contributed by atoms with van der Waals surface area (Å²) < 4.78 is 21.2. The summed E-state index contributed by atoms with van der Waals surface area (Å²) in [6.45, 7) is 5.27. The van der Waals surface area contributed by atoms with Crippen molar-refractivity contribution in [2.75, 3.05) is 26.9 Å². The Kier molecular flexibility index (Phi) is 8.99. The molecule has 1 aliphatic heterocycles. The summed E-state index contributed by atoms with van der Waals surface area (Å²) in [7, 11) is 1.41. The second kappa shape index (κ2) is 11.5. The molecule has 2 N–H and O–H groups in total. The van der Waals surface area contributed by atoms with Gasteiger partial charge in [-0.25, -0.2) is 14.4 Å². The number of allylic oxidation sites excluding steroid dienone is 1. The lowest BCUT2D eigenvalue weighted by Crippen LogP contribution is -2.46. The molecule has 10 heteroatoms. The van der Waals surface area contributed by atoms with Gasteiger partial charge in [0.05, 0.1) is 31.9 Å². The minimum absolute atomic E-state index is 0.157. The number of nitrogens with one attached hydrogen (secondary N) is 2. The van der Waals surface area contributed by atoms with Crippen LogP contribution in [-0.2, 0) is 19.1 Å². The van der Waals surface area contributed by atoms with Crippen LogP contribution in [0.5, 0.6) is 11.5 Å². The lowest BCUT2D eigenvalue weighted by molar-refractivity contribution is -0.145. The van der Waals surface area contributed by atoms with E-state index in [2.05, 4.69) is 10.6 Å². The smallest absolute Gasteiger partial charge is 0.344 e. The Morgan fingerprint density at radius 2 is 1.84 bits per heavy atom. The molecule has 0 aliphatic carbocycles. The number of methoxy groups -OCH3 is 1. The normalized spacial score (nSPS) is 15.6. The number of benzene rings is 1. The van der Waals surface area contributed by atoms with Crippen molar-refractivity contribution >= 4 is 29.6 Å². The van der Waals surface area contributed by atoms with Crippen LogP contribution >= 0.6 is 11.6 Å². The van der Waals surface area contributed by atoms with Crippen LogP contribution < -0.4 is 20.1 Å². The first kappa shape index (κ1) is 24.3. The van der Waals surface area contributed by atoms with Gasteiger partial charge in [0.25, 0.3) is 0 Å². The topological polar surface area (TPSA) is 112 Å². The highest BCUT2D eigenvalue weighted by atomic mass is 35.5. The average molecular weight is 455 g/mol. The minimum atomic E-state index is -0.931. The minimum Gasteiger partial charge on any atom is -0.493 e. The number of halogens is 1. The molecule has 170 valence electrons. The van der Waals surface area contributed by atoms with Gasteiger partial charge in [-0.05, 0) is 26.3 Å². The molecule has 0 saturated carbocycles. The second-order valence-electron chi connectivity index (χ2n) is 6.51. The van der Waals surface area contributed by atoms with Crippen molar-refractivity contribution in [3.05, 3.63) is 34.0 Å². The van der Waals surface area contributed by atoms with Gasteiger partial charge in [0.1, 0.15) is 0 Å². The van der Waals surface area contributed by atoms with Crippen LogP contribution in [0.15, 0.2) is 23.4 Å². The molecule has 2 amide bonds. The molecule has 31 heavy (non-hydrogen) atoms. The van der Waals surface area contributed by atoms with Gasteiger partial charge < -0.3 is 29.6 Å². The number of amides is 2. The molecule has 0 aromatic heterocycles. The maximum Gasteiger partial charge on any atom is 0.344 e. The van der Waals surface area contributed by atoms with Crippen LogP contribution in [0.4, 0.5) is 4.79 Å². The van der Waals surface area contributed by atoms with Crippen molar-refractivity contribution < 1.29 is 33.3 Å². The van der Waals surface area contributed by atoms with Crippen molar-refractivity contribution in [1.82, 2.24) is 10.6 Å². The highest BCUT2D eigenvalue weighted by Crippen LogP contribution is 2.42. The summed E-state index contributed by atoms with van der Waals surface area (Å²) in [6, 6.07) is 1.63. The van der Waals surface area contributed by atoms with Crippen LogP contribution in [0, 0.1) is 0 Å². The van der Waals surface area contributed by atoms with Gasteiger partial charge >= 0.3 is 18.0 Å². The van der Waals surface area contributed by atoms with Gasteiger partial charge in [0.15, 0.2) is 18.1 Å². The van der Waals surface area contributed by atoms with Crippen molar-refractivity contribution in [3.63, 3.8) is 0 Å². The predicted octanol–water partition coefficient (Wildman–Crippen LogP) is 3.26. The second-order valence-corrected chi connectivity index (χ2v) is 6.95.